The van der Waals surface area contributed by atoms with Crippen LogP contribution >= 0.6 is 35.6 Å². The fourth-order valence-corrected chi connectivity index (χ4v) is 4.15. The summed E-state index contributed by atoms with van der Waals surface area (Å²) in [6, 6.07) is 16.0. The van der Waals surface area contributed by atoms with E-state index in [1.54, 1.807) is 16.7 Å². The third kappa shape index (κ3) is 6.97. The summed E-state index contributed by atoms with van der Waals surface area (Å²) in [5, 5.41) is 8.05. The van der Waals surface area contributed by atoms with Gasteiger partial charge in [-0.15, -0.1) is 0 Å². The summed E-state index contributed by atoms with van der Waals surface area (Å²) in [4.78, 5) is 3.88. The molecule has 2 aromatic rings. The monoisotopic (exact) mass is 422 g/mol. The number of morpholine rings is 1. The van der Waals surface area contributed by atoms with Gasteiger partial charge in [-0.05, 0) is 48.6 Å². The second-order valence-electron chi connectivity index (χ2n) is 6.40. The highest BCUT2D eigenvalue weighted by Gasteiger charge is 2.12. The standard InChI is InChI=1S/C20H24ClN3OS2/c21-16-6-8-17(9-7-16)27-19-5-2-1-4-18(19)23-20(26)22-10-3-11-24-12-14-25-15-13-24/h1-2,4-9H,3,10-15H2,(H2,22,23,26)/p+1. The first kappa shape index (κ1) is 20.4. The minimum Gasteiger partial charge on any atom is -0.370 e. The summed E-state index contributed by atoms with van der Waals surface area (Å²) in [5.41, 5.74) is 1.01. The van der Waals surface area contributed by atoms with Crippen molar-refractivity contribution in [2.24, 2.45) is 0 Å². The Morgan fingerprint density at radius 3 is 2.63 bits per heavy atom. The number of thiocarbonyl (C=S) groups is 1. The molecule has 7 heteroatoms. The molecule has 1 aliphatic heterocycles. The average Bonchev–Trinajstić information content (AvgIpc) is 2.69. The Morgan fingerprint density at radius 1 is 1.11 bits per heavy atom. The van der Waals surface area contributed by atoms with Gasteiger partial charge >= 0.3 is 0 Å². The zero-order valence-corrected chi connectivity index (χ0v) is 17.6. The van der Waals surface area contributed by atoms with Crippen LogP contribution in [0.1, 0.15) is 6.42 Å². The Bertz CT molecular complexity index is 736. The summed E-state index contributed by atoms with van der Waals surface area (Å²) in [5.74, 6) is 0. The lowest BCUT2D eigenvalue weighted by Crippen LogP contribution is -3.14. The average molecular weight is 423 g/mol. The molecular weight excluding hydrogens is 398 g/mol. The first-order valence-electron chi connectivity index (χ1n) is 9.19. The van der Waals surface area contributed by atoms with Gasteiger partial charge in [-0.25, -0.2) is 0 Å². The Labute approximate surface area is 175 Å². The number of benzene rings is 2. The van der Waals surface area contributed by atoms with Crippen LogP contribution in [0.25, 0.3) is 0 Å². The van der Waals surface area contributed by atoms with Crippen molar-refractivity contribution in [3.05, 3.63) is 53.6 Å². The minimum absolute atomic E-state index is 0.663. The highest BCUT2D eigenvalue weighted by molar-refractivity contribution is 7.99. The molecule has 0 radical (unpaired) electrons. The highest BCUT2D eigenvalue weighted by Crippen LogP contribution is 2.33. The van der Waals surface area contributed by atoms with Crippen molar-refractivity contribution in [1.29, 1.82) is 0 Å². The summed E-state index contributed by atoms with van der Waals surface area (Å²) in [6.07, 6.45) is 1.10. The van der Waals surface area contributed by atoms with Crippen LogP contribution in [0.5, 0.6) is 0 Å². The lowest BCUT2D eigenvalue weighted by atomic mass is 10.3. The largest absolute Gasteiger partial charge is 0.370 e. The fourth-order valence-electron chi connectivity index (χ4n) is 2.91. The van der Waals surface area contributed by atoms with E-state index in [-0.39, 0.29) is 0 Å². The molecule has 0 aromatic heterocycles. The zero-order valence-electron chi connectivity index (χ0n) is 15.2. The van der Waals surface area contributed by atoms with E-state index in [4.69, 9.17) is 28.6 Å². The Morgan fingerprint density at radius 2 is 1.85 bits per heavy atom. The molecule has 0 unspecified atom stereocenters. The number of rotatable bonds is 7. The van der Waals surface area contributed by atoms with E-state index in [2.05, 4.69) is 16.7 Å². The number of nitrogens with one attached hydrogen (secondary N) is 3. The van der Waals surface area contributed by atoms with Crippen LogP contribution < -0.4 is 15.5 Å². The van der Waals surface area contributed by atoms with E-state index in [1.807, 2.05) is 42.5 Å². The lowest BCUT2D eigenvalue weighted by molar-refractivity contribution is -0.908. The highest BCUT2D eigenvalue weighted by atomic mass is 35.5. The van der Waals surface area contributed by atoms with E-state index in [9.17, 15) is 0 Å². The van der Waals surface area contributed by atoms with E-state index >= 15 is 0 Å². The maximum Gasteiger partial charge on any atom is 0.170 e. The van der Waals surface area contributed by atoms with Gasteiger partial charge in [0.05, 0.1) is 25.4 Å². The number of hydrogen-bond donors (Lipinski definition) is 3. The number of quaternary nitrogens is 1. The van der Waals surface area contributed by atoms with Gasteiger partial charge in [-0.1, -0.05) is 35.5 Å². The van der Waals surface area contributed by atoms with Crippen molar-refractivity contribution in [1.82, 2.24) is 5.32 Å². The third-order valence-electron chi connectivity index (χ3n) is 4.37. The van der Waals surface area contributed by atoms with Crippen LogP contribution in [-0.4, -0.2) is 44.5 Å². The quantitative estimate of drug-likeness (QED) is 0.472. The zero-order chi connectivity index (χ0) is 18.9. The molecule has 1 fully saturated rings. The first-order valence-corrected chi connectivity index (χ1v) is 10.8. The molecule has 1 saturated heterocycles. The van der Waals surface area contributed by atoms with Crippen LogP contribution in [0.2, 0.25) is 5.02 Å². The van der Waals surface area contributed by atoms with Gasteiger partial charge < -0.3 is 20.3 Å². The van der Waals surface area contributed by atoms with E-state index in [0.29, 0.717) is 5.11 Å². The van der Waals surface area contributed by atoms with Crippen LogP contribution in [0.15, 0.2) is 58.3 Å². The van der Waals surface area contributed by atoms with Crippen molar-refractivity contribution >= 4 is 46.4 Å². The van der Waals surface area contributed by atoms with Crippen molar-refractivity contribution in [2.75, 3.05) is 44.7 Å². The number of para-hydroxylation sites is 1. The predicted molar refractivity (Wildman–Crippen MR) is 117 cm³/mol. The first-order chi connectivity index (χ1) is 13.2. The normalized spacial score (nSPS) is 14.7. The van der Waals surface area contributed by atoms with E-state index in [1.165, 1.54) is 0 Å². The summed E-state index contributed by atoms with van der Waals surface area (Å²) >= 11 is 13.1. The molecule has 1 heterocycles. The van der Waals surface area contributed by atoms with Crippen molar-refractivity contribution < 1.29 is 9.64 Å². The molecule has 3 N–H and O–H groups in total. The Kier molecular flexibility index (Phi) is 8.23. The van der Waals surface area contributed by atoms with Crippen LogP contribution in [0, 0.1) is 0 Å². The Balaban J connectivity index is 1.46. The SMILES string of the molecule is S=C(NCCC[NH+]1CCOCC1)Nc1ccccc1Sc1ccc(Cl)cc1. The van der Waals surface area contributed by atoms with E-state index in [0.717, 1.165) is 66.3 Å². The predicted octanol–water partition coefficient (Wildman–Crippen LogP) is 3.08. The maximum absolute atomic E-state index is 5.97. The van der Waals surface area contributed by atoms with E-state index < -0.39 is 0 Å². The molecule has 0 atom stereocenters. The van der Waals surface area contributed by atoms with Crippen LogP contribution in [0.4, 0.5) is 5.69 Å². The third-order valence-corrected chi connectivity index (χ3v) is 5.95. The molecule has 2 aromatic carbocycles. The number of ether oxygens (including phenoxy) is 1. The van der Waals surface area contributed by atoms with Gasteiger partial charge in [0.2, 0.25) is 0 Å². The topological polar surface area (TPSA) is 37.7 Å². The van der Waals surface area contributed by atoms with Crippen molar-refractivity contribution in [2.45, 2.75) is 16.2 Å². The van der Waals surface area contributed by atoms with Gasteiger partial charge in [0.25, 0.3) is 0 Å². The second kappa shape index (κ2) is 10.9. The molecule has 1 aliphatic rings. The molecular formula is C20H25ClN3OS2+. The molecule has 0 saturated carbocycles. The molecule has 27 heavy (non-hydrogen) atoms. The van der Waals surface area contributed by atoms with Gasteiger partial charge in [-0.3, -0.25) is 0 Å². The molecule has 0 aliphatic carbocycles. The second-order valence-corrected chi connectivity index (χ2v) is 8.36. The smallest absolute Gasteiger partial charge is 0.170 e. The van der Waals surface area contributed by atoms with Gasteiger partial charge in [0, 0.05) is 27.8 Å². The van der Waals surface area contributed by atoms with Crippen LogP contribution in [0.3, 0.4) is 0 Å². The molecule has 0 bridgehead atoms. The maximum atomic E-state index is 5.97. The number of hydrogen-bond acceptors (Lipinski definition) is 3. The summed E-state index contributed by atoms with van der Waals surface area (Å²) in [7, 11) is 0. The Hall–Kier alpha value is -1.31. The van der Waals surface area contributed by atoms with Gasteiger partial charge in [0.1, 0.15) is 13.1 Å². The lowest BCUT2D eigenvalue weighted by Gasteiger charge is -2.23. The minimum atomic E-state index is 0.663. The van der Waals surface area contributed by atoms with Gasteiger partial charge in [-0.2, -0.15) is 0 Å². The number of halogens is 1. The molecule has 0 amide bonds. The molecule has 4 nitrogen and oxygen atoms in total. The summed E-state index contributed by atoms with van der Waals surface area (Å²) < 4.78 is 5.39. The van der Waals surface area contributed by atoms with Crippen molar-refractivity contribution in [3.8, 4) is 0 Å². The molecule has 3 rings (SSSR count). The van der Waals surface area contributed by atoms with Gasteiger partial charge in [0.15, 0.2) is 5.11 Å². The fraction of sp³-hybridized carbons (Fsp3) is 0.350. The number of anilines is 1. The molecule has 144 valence electrons. The molecule has 0 spiro atoms. The van der Waals surface area contributed by atoms with Crippen LogP contribution in [-0.2, 0) is 4.74 Å². The van der Waals surface area contributed by atoms with Crippen molar-refractivity contribution in [3.63, 3.8) is 0 Å². The summed E-state index contributed by atoms with van der Waals surface area (Å²) in [6.45, 7) is 6.01.